The normalized spacial score (nSPS) is 9.74. The summed E-state index contributed by atoms with van der Waals surface area (Å²) in [6.07, 6.45) is 8.86. The van der Waals surface area contributed by atoms with Crippen molar-refractivity contribution >= 4 is 11.6 Å². The zero-order valence-corrected chi connectivity index (χ0v) is 11.7. The van der Waals surface area contributed by atoms with Crippen LogP contribution < -0.4 is 9.64 Å². The maximum Gasteiger partial charge on any atom is 0.226 e. The van der Waals surface area contributed by atoms with E-state index in [0.717, 1.165) is 24.9 Å². The lowest BCUT2D eigenvalue weighted by Crippen LogP contribution is -2.26. The molecular formula is C16H21NO2. The molecule has 0 saturated heterocycles. The standard InChI is InChI=1S/C16H21NO2/c1-4-6-7-12-16(18)17(3)14-10-8-9-11-15(14)19-13-5-2/h2,8-11H,4,6-7,12-13H2,1,3H3. The van der Waals surface area contributed by atoms with Crippen LogP contribution in [0, 0.1) is 12.3 Å². The summed E-state index contributed by atoms with van der Waals surface area (Å²) < 4.78 is 5.45. The van der Waals surface area contributed by atoms with Crippen LogP contribution in [0.2, 0.25) is 0 Å². The monoisotopic (exact) mass is 259 g/mol. The highest BCUT2D eigenvalue weighted by atomic mass is 16.5. The molecule has 0 heterocycles. The van der Waals surface area contributed by atoms with Gasteiger partial charge in [-0.25, -0.2) is 0 Å². The molecule has 19 heavy (non-hydrogen) atoms. The second kappa shape index (κ2) is 8.20. The third-order valence-electron chi connectivity index (χ3n) is 2.91. The van der Waals surface area contributed by atoms with Gasteiger partial charge in [-0.2, -0.15) is 0 Å². The van der Waals surface area contributed by atoms with Crippen LogP contribution in [0.15, 0.2) is 24.3 Å². The van der Waals surface area contributed by atoms with Crippen molar-refractivity contribution in [1.82, 2.24) is 0 Å². The highest BCUT2D eigenvalue weighted by Gasteiger charge is 2.14. The lowest BCUT2D eigenvalue weighted by molar-refractivity contribution is -0.118. The molecule has 0 aliphatic carbocycles. The molecular weight excluding hydrogens is 238 g/mol. The van der Waals surface area contributed by atoms with Gasteiger partial charge in [0, 0.05) is 13.5 Å². The van der Waals surface area contributed by atoms with Gasteiger partial charge in [-0.3, -0.25) is 4.79 Å². The van der Waals surface area contributed by atoms with E-state index < -0.39 is 0 Å². The maximum absolute atomic E-state index is 12.1. The molecule has 0 saturated carbocycles. The average molecular weight is 259 g/mol. The molecule has 3 nitrogen and oxygen atoms in total. The van der Waals surface area contributed by atoms with Gasteiger partial charge in [0.2, 0.25) is 5.91 Å². The average Bonchev–Trinajstić information content (AvgIpc) is 2.44. The number of benzene rings is 1. The van der Waals surface area contributed by atoms with Gasteiger partial charge in [-0.05, 0) is 18.6 Å². The van der Waals surface area contributed by atoms with Crippen molar-refractivity contribution in [2.24, 2.45) is 0 Å². The third kappa shape index (κ3) is 4.67. The molecule has 1 aromatic rings. The van der Waals surface area contributed by atoms with Gasteiger partial charge in [0.05, 0.1) is 5.69 Å². The number of rotatable bonds is 7. The highest BCUT2D eigenvalue weighted by molar-refractivity contribution is 5.94. The summed E-state index contributed by atoms with van der Waals surface area (Å²) >= 11 is 0. The molecule has 0 spiro atoms. The number of nitrogens with zero attached hydrogens (tertiary/aromatic N) is 1. The first-order valence-electron chi connectivity index (χ1n) is 6.62. The molecule has 0 unspecified atom stereocenters. The molecule has 0 atom stereocenters. The largest absolute Gasteiger partial charge is 0.479 e. The number of terminal acetylenes is 1. The van der Waals surface area contributed by atoms with Crippen LogP contribution in [0.25, 0.3) is 0 Å². The van der Waals surface area contributed by atoms with Crippen LogP contribution in [0.5, 0.6) is 5.75 Å². The van der Waals surface area contributed by atoms with E-state index in [1.165, 1.54) is 0 Å². The minimum Gasteiger partial charge on any atom is -0.479 e. The number of unbranched alkanes of at least 4 members (excludes halogenated alkanes) is 2. The van der Waals surface area contributed by atoms with Crippen molar-refractivity contribution in [3.05, 3.63) is 24.3 Å². The topological polar surface area (TPSA) is 29.5 Å². The molecule has 0 aliphatic rings. The number of anilines is 1. The number of para-hydroxylation sites is 2. The van der Waals surface area contributed by atoms with Crippen molar-refractivity contribution in [1.29, 1.82) is 0 Å². The van der Waals surface area contributed by atoms with Crippen molar-refractivity contribution < 1.29 is 9.53 Å². The first-order valence-corrected chi connectivity index (χ1v) is 6.62. The Morgan fingerprint density at radius 2 is 2.11 bits per heavy atom. The molecule has 1 amide bonds. The van der Waals surface area contributed by atoms with Gasteiger partial charge in [0.25, 0.3) is 0 Å². The van der Waals surface area contributed by atoms with Crippen molar-refractivity contribution in [3.63, 3.8) is 0 Å². The molecule has 3 heteroatoms. The number of hydrogen-bond acceptors (Lipinski definition) is 2. The van der Waals surface area contributed by atoms with Crippen LogP contribution in [-0.2, 0) is 4.79 Å². The fraction of sp³-hybridized carbons (Fsp3) is 0.438. The lowest BCUT2D eigenvalue weighted by Gasteiger charge is -2.20. The van der Waals surface area contributed by atoms with E-state index in [1.807, 2.05) is 24.3 Å². The Labute approximate surface area is 115 Å². The number of carbonyl (C=O) groups is 1. The zero-order chi connectivity index (χ0) is 14.1. The van der Waals surface area contributed by atoms with Gasteiger partial charge >= 0.3 is 0 Å². The van der Waals surface area contributed by atoms with Crippen LogP contribution in [0.1, 0.15) is 32.6 Å². The second-order valence-electron chi connectivity index (χ2n) is 4.37. The summed E-state index contributed by atoms with van der Waals surface area (Å²) in [6, 6.07) is 7.44. The predicted molar refractivity (Wildman–Crippen MR) is 78.3 cm³/mol. The summed E-state index contributed by atoms with van der Waals surface area (Å²) in [5.74, 6) is 3.18. The molecule has 1 aromatic carbocycles. The first kappa shape index (κ1) is 15.1. The fourth-order valence-electron chi connectivity index (χ4n) is 1.80. The van der Waals surface area contributed by atoms with E-state index in [9.17, 15) is 4.79 Å². The molecule has 1 rings (SSSR count). The summed E-state index contributed by atoms with van der Waals surface area (Å²) in [7, 11) is 1.77. The van der Waals surface area contributed by atoms with E-state index in [4.69, 9.17) is 11.2 Å². The number of carbonyl (C=O) groups excluding carboxylic acids is 1. The molecule has 102 valence electrons. The maximum atomic E-state index is 12.1. The van der Waals surface area contributed by atoms with Gasteiger partial charge in [0.1, 0.15) is 12.4 Å². The molecule has 0 bridgehead atoms. The number of ether oxygens (including phenoxy) is 1. The Kier molecular flexibility index (Phi) is 6.52. The summed E-state index contributed by atoms with van der Waals surface area (Å²) in [6.45, 7) is 2.33. The SMILES string of the molecule is C#CCOc1ccccc1N(C)C(=O)CCCCC. The molecule has 0 N–H and O–H groups in total. The third-order valence-corrected chi connectivity index (χ3v) is 2.91. The van der Waals surface area contributed by atoms with Crippen LogP contribution in [-0.4, -0.2) is 19.6 Å². The van der Waals surface area contributed by atoms with Gasteiger partial charge in [0.15, 0.2) is 0 Å². The quantitative estimate of drug-likeness (QED) is 0.555. The Balaban J connectivity index is 2.72. The van der Waals surface area contributed by atoms with Gasteiger partial charge < -0.3 is 9.64 Å². The van der Waals surface area contributed by atoms with E-state index in [1.54, 1.807) is 11.9 Å². The highest BCUT2D eigenvalue weighted by Crippen LogP contribution is 2.27. The smallest absolute Gasteiger partial charge is 0.226 e. The minimum atomic E-state index is 0.102. The van der Waals surface area contributed by atoms with E-state index in [-0.39, 0.29) is 12.5 Å². The van der Waals surface area contributed by atoms with Crippen molar-refractivity contribution in [2.75, 3.05) is 18.6 Å². The summed E-state index contributed by atoms with van der Waals surface area (Å²) in [5.41, 5.74) is 0.763. The molecule has 0 aliphatic heterocycles. The molecule has 0 radical (unpaired) electrons. The lowest BCUT2D eigenvalue weighted by atomic mass is 10.2. The van der Waals surface area contributed by atoms with Crippen LogP contribution in [0.3, 0.4) is 0 Å². The first-order chi connectivity index (χ1) is 9.20. The summed E-state index contributed by atoms with van der Waals surface area (Å²) in [4.78, 5) is 13.7. The minimum absolute atomic E-state index is 0.102. The second-order valence-corrected chi connectivity index (χ2v) is 4.37. The predicted octanol–water partition coefficient (Wildman–Crippen LogP) is 3.24. The molecule has 0 aromatic heterocycles. The van der Waals surface area contributed by atoms with Gasteiger partial charge in [-0.15, -0.1) is 6.42 Å². The van der Waals surface area contributed by atoms with Crippen LogP contribution >= 0.6 is 0 Å². The Morgan fingerprint density at radius 1 is 1.37 bits per heavy atom. The Hall–Kier alpha value is -1.95. The van der Waals surface area contributed by atoms with Gasteiger partial charge in [-0.1, -0.05) is 37.8 Å². The van der Waals surface area contributed by atoms with E-state index >= 15 is 0 Å². The zero-order valence-electron chi connectivity index (χ0n) is 11.7. The Bertz CT molecular complexity index is 448. The van der Waals surface area contributed by atoms with Crippen molar-refractivity contribution in [2.45, 2.75) is 32.6 Å². The van der Waals surface area contributed by atoms with Crippen molar-refractivity contribution in [3.8, 4) is 18.1 Å². The molecule has 0 fully saturated rings. The summed E-state index contributed by atoms with van der Waals surface area (Å²) in [5, 5.41) is 0. The number of hydrogen-bond donors (Lipinski definition) is 0. The number of amides is 1. The Morgan fingerprint density at radius 3 is 2.79 bits per heavy atom. The van der Waals surface area contributed by atoms with E-state index in [0.29, 0.717) is 12.2 Å². The fourth-order valence-corrected chi connectivity index (χ4v) is 1.80. The van der Waals surface area contributed by atoms with Crippen LogP contribution in [0.4, 0.5) is 5.69 Å². The van der Waals surface area contributed by atoms with E-state index in [2.05, 4.69) is 12.8 Å².